The smallest absolute Gasteiger partial charge is 0.220 e. The highest BCUT2D eigenvalue weighted by atomic mass is 32.2. The molecule has 0 saturated heterocycles. The Hall–Kier alpha value is -1.58. The van der Waals surface area contributed by atoms with E-state index >= 15 is 0 Å². The van der Waals surface area contributed by atoms with Crippen LogP contribution in [0.1, 0.15) is 19.4 Å². The Morgan fingerprint density at radius 1 is 1.50 bits per heavy atom. The summed E-state index contributed by atoms with van der Waals surface area (Å²) >= 11 is 6.39. The first-order valence-electron chi connectivity index (χ1n) is 7.20. The lowest BCUT2D eigenvalue weighted by molar-refractivity contribution is -0.0784. The predicted octanol–water partition coefficient (Wildman–Crippen LogP) is 2.89. The first kappa shape index (κ1) is 18.8. The molecule has 5 nitrogen and oxygen atoms in total. The number of ether oxygens (including phenoxy) is 1. The summed E-state index contributed by atoms with van der Waals surface area (Å²) in [5.41, 5.74) is -1.92. The average molecular weight is 373 g/mol. The number of thioether (sulfide) groups is 1. The van der Waals surface area contributed by atoms with Gasteiger partial charge in [0.25, 0.3) is 0 Å². The molecule has 0 aliphatic heterocycles. The van der Waals surface area contributed by atoms with Crippen molar-refractivity contribution in [1.29, 1.82) is 0 Å². The van der Waals surface area contributed by atoms with E-state index < -0.39 is 23.3 Å². The van der Waals surface area contributed by atoms with Gasteiger partial charge in [0.1, 0.15) is 36.0 Å². The fourth-order valence-corrected chi connectivity index (χ4v) is 3.17. The summed E-state index contributed by atoms with van der Waals surface area (Å²) in [6.07, 6.45) is 1.79. The summed E-state index contributed by atoms with van der Waals surface area (Å²) < 4.78 is 34.7. The fraction of sp³-hybridized carbons (Fsp3) is 0.400. The standard InChI is InChI=1S/C15H17F2N3O2S2/c1-3-24-14(23)22-10(2)15(21,7-20-9-18-8-19-20)12-5-4-11(16)6-13(12)17/h4-6,8-10,21H,3,7H2,1-2H3/t10-,15-/m1/s1. The SMILES string of the molecule is CCSC(=S)O[C@H](C)[C@](O)(Cn1cncn1)c1ccc(F)cc1F. The number of halogens is 2. The molecular weight excluding hydrogens is 356 g/mol. The van der Waals surface area contributed by atoms with Crippen molar-refractivity contribution in [3.05, 3.63) is 48.1 Å². The van der Waals surface area contributed by atoms with Gasteiger partial charge in [-0.3, -0.25) is 0 Å². The molecule has 0 spiro atoms. The zero-order valence-corrected chi connectivity index (χ0v) is 14.8. The molecule has 24 heavy (non-hydrogen) atoms. The average Bonchev–Trinajstić information content (AvgIpc) is 2.99. The third-order valence-electron chi connectivity index (χ3n) is 3.47. The molecule has 1 aromatic heterocycles. The molecule has 0 fully saturated rings. The molecule has 130 valence electrons. The van der Waals surface area contributed by atoms with E-state index in [1.54, 1.807) is 6.92 Å². The Labute approximate surface area is 148 Å². The second-order valence-electron chi connectivity index (χ2n) is 5.08. The van der Waals surface area contributed by atoms with Crippen molar-refractivity contribution in [3.63, 3.8) is 0 Å². The van der Waals surface area contributed by atoms with Crippen LogP contribution in [0.4, 0.5) is 8.78 Å². The minimum absolute atomic E-state index is 0.101. The van der Waals surface area contributed by atoms with Gasteiger partial charge in [0.05, 0.1) is 6.54 Å². The van der Waals surface area contributed by atoms with Crippen molar-refractivity contribution in [3.8, 4) is 0 Å². The van der Waals surface area contributed by atoms with E-state index in [1.807, 2.05) is 6.92 Å². The van der Waals surface area contributed by atoms with Crippen LogP contribution in [0.2, 0.25) is 0 Å². The molecule has 0 saturated carbocycles. The van der Waals surface area contributed by atoms with E-state index in [4.69, 9.17) is 17.0 Å². The molecule has 0 aliphatic rings. The van der Waals surface area contributed by atoms with Gasteiger partial charge in [-0.15, -0.1) is 0 Å². The van der Waals surface area contributed by atoms with Gasteiger partial charge in [-0.1, -0.05) is 24.8 Å². The molecule has 0 aliphatic carbocycles. The number of thiocarbonyl (C=S) groups is 1. The number of benzene rings is 1. The zero-order valence-electron chi connectivity index (χ0n) is 13.1. The van der Waals surface area contributed by atoms with Gasteiger partial charge >= 0.3 is 0 Å². The van der Waals surface area contributed by atoms with Crippen molar-refractivity contribution in [1.82, 2.24) is 14.8 Å². The Morgan fingerprint density at radius 2 is 2.25 bits per heavy atom. The summed E-state index contributed by atoms with van der Waals surface area (Å²) in [4.78, 5) is 3.80. The lowest BCUT2D eigenvalue weighted by atomic mass is 9.88. The van der Waals surface area contributed by atoms with Crippen LogP contribution in [0.15, 0.2) is 30.9 Å². The molecule has 9 heteroatoms. The number of rotatable bonds is 6. The molecule has 1 N–H and O–H groups in total. The highest BCUT2D eigenvalue weighted by Gasteiger charge is 2.41. The highest BCUT2D eigenvalue weighted by Crippen LogP contribution is 2.32. The predicted molar refractivity (Wildman–Crippen MR) is 91.6 cm³/mol. The molecule has 1 heterocycles. The van der Waals surface area contributed by atoms with Crippen molar-refractivity contribution < 1.29 is 18.6 Å². The van der Waals surface area contributed by atoms with Crippen molar-refractivity contribution in [2.24, 2.45) is 0 Å². The van der Waals surface area contributed by atoms with Gasteiger partial charge < -0.3 is 9.84 Å². The largest absolute Gasteiger partial charge is 0.472 e. The van der Waals surface area contributed by atoms with Crippen LogP contribution in [0, 0.1) is 11.6 Å². The Morgan fingerprint density at radius 3 is 2.83 bits per heavy atom. The number of nitrogens with zero attached hydrogens (tertiary/aromatic N) is 3. The summed E-state index contributed by atoms with van der Waals surface area (Å²) in [6.45, 7) is 3.35. The maximum Gasteiger partial charge on any atom is 0.220 e. The molecule has 2 aromatic rings. The van der Waals surface area contributed by atoms with Crippen molar-refractivity contribution in [2.45, 2.75) is 32.1 Å². The lowest BCUT2D eigenvalue weighted by Gasteiger charge is -2.34. The van der Waals surface area contributed by atoms with Gasteiger partial charge in [-0.25, -0.2) is 18.4 Å². The first-order chi connectivity index (χ1) is 11.4. The molecule has 0 unspecified atom stereocenters. The molecule has 2 atom stereocenters. The Balaban J connectivity index is 2.38. The fourth-order valence-electron chi connectivity index (χ4n) is 2.23. The summed E-state index contributed by atoms with van der Waals surface area (Å²) in [6, 6.07) is 2.99. The van der Waals surface area contributed by atoms with Gasteiger partial charge in [0.2, 0.25) is 4.38 Å². The van der Waals surface area contributed by atoms with Crippen LogP contribution in [0.25, 0.3) is 0 Å². The minimum atomic E-state index is -1.82. The van der Waals surface area contributed by atoms with Crippen LogP contribution in [0.3, 0.4) is 0 Å². The minimum Gasteiger partial charge on any atom is -0.472 e. The summed E-state index contributed by atoms with van der Waals surface area (Å²) in [5, 5.41) is 15.1. The molecule has 0 amide bonds. The highest BCUT2D eigenvalue weighted by molar-refractivity contribution is 8.22. The molecular formula is C15H17F2N3O2S2. The van der Waals surface area contributed by atoms with E-state index in [0.717, 1.165) is 6.07 Å². The van der Waals surface area contributed by atoms with Crippen molar-refractivity contribution >= 4 is 28.4 Å². The maximum absolute atomic E-state index is 14.3. The second-order valence-corrected chi connectivity index (χ2v) is 6.95. The topological polar surface area (TPSA) is 60.2 Å². The Kier molecular flexibility index (Phi) is 6.25. The van der Waals surface area contributed by atoms with Crippen LogP contribution in [0.5, 0.6) is 0 Å². The van der Waals surface area contributed by atoms with Gasteiger partial charge in [0, 0.05) is 11.6 Å². The van der Waals surface area contributed by atoms with Crippen molar-refractivity contribution in [2.75, 3.05) is 5.75 Å². The monoisotopic (exact) mass is 373 g/mol. The van der Waals surface area contributed by atoms with E-state index in [9.17, 15) is 13.9 Å². The molecule has 1 aromatic carbocycles. The van der Waals surface area contributed by atoms with Crippen LogP contribution < -0.4 is 0 Å². The number of aliphatic hydroxyl groups is 1. The van der Waals surface area contributed by atoms with Gasteiger partial charge in [-0.2, -0.15) is 5.10 Å². The quantitative estimate of drug-likeness (QED) is 0.786. The number of hydrogen-bond donors (Lipinski definition) is 1. The molecule has 2 rings (SSSR count). The van der Waals surface area contributed by atoms with E-state index in [0.29, 0.717) is 11.8 Å². The molecule has 0 bridgehead atoms. The van der Waals surface area contributed by atoms with Crippen LogP contribution >= 0.6 is 24.0 Å². The van der Waals surface area contributed by atoms with E-state index in [1.165, 1.54) is 35.2 Å². The zero-order chi connectivity index (χ0) is 17.7. The lowest BCUT2D eigenvalue weighted by Crippen LogP contribution is -2.44. The number of hydrogen-bond acceptors (Lipinski definition) is 6. The van der Waals surface area contributed by atoms with E-state index in [2.05, 4.69) is 10.1 Å². The second kappa shape index (κ2) is 8.00. The maximum atomic E-state index is 14.3. The summed E-state index contributed by atoms with van der Waals surface area (Å²) in [5.74, 6) is -0.898. The first-order valence-corrected chi connectivity index (χ1v) is 8.60. The van der Waals surface area contributed by atoms with Gasteiger partial charge in [-0.05, 0) is 31.0 Å². The summed E-state index contributed by atoms with van der Waals surface area (Å²) in [7, 11) is 0. The number of aromatic nitrogens is 3. The Bertz CT molecular complexity index is 700. The third-order valence-corrected chi connectivity index (χ3v) is 4.55. The van der Waals surface area contributed by atoms with Gasteiger partial charge in [0.15, 0.2) is 0 Å². The van der Waals surface area contributed by atoms with E-state index in [-0.39, 0.29) is 16.5 Å². The van der Waals surface area contributed by atoms with Crippen LogP contribution in [-0.2, 0) is 16.9 Å². The third kappa shape index (κ3) is 4.28. The van der Waals surface area contributed by atoms with Crippen LogP contribution in [-0.4, -0.2) is 36.1 Å². The normalized spacial score (nSPS) is 14.9. The molecule has 0 radical (unpaired) electrons.